The summed E-state index contributed by atoms with van der Waals surface area (Å²) in [4.78, 5) is 2.40. The van der Waals surface area contributed by atoms with Gasteiger partial charge in [-0.25, -0.2) is 0 Å². The van der Waals surface area contributed by atoms with Crippen LogP contribution in [0, 0.1) is 11.3 Å². The van der Waals surface area contributed by atoms with Crippen LogP contribution in [0.5, 0.6) is 11.5 Å². The molecule has 0 atom stereocenters. The molecular weight excluding hydrogens is 228 g/mol. The number of likely N-dealkylation sites (tertiary alicyclic amines) is 1. The highest BCUT2D eigenvalue weighted by Crippen LogP contribution is 2.27. The van der Waals surface area contributed by atoms with Crippen molar-refractivity contribution in [2.24, 2.45) is 0 Å². The smallest absolute Gasteiger partial charge is 0.162 e. The molecule has 2 rings (SSSR count). The molecule has 0 spiro atoms. The van der Waals surface area contributed by atoms with Crippen LogP contribution in [0.3, 0.4) is 0 Å². The third-order valence-corrected chi connectivity index (χ3v) is 3.16. The fraction of sp³-hybridized carbons (Fsp3) is 0.500. The molecule has 1 aliphatic rings. The monoisotopic (exact) mass is 246 g/mol. The quantitative estimate of drug-likeness (QED) is 0.797. The Hall–Kier alpha value is -1.73. The Balaban J connectivity index is 1.90. The summed E-state index contributed by atoms with van der Waals surface area (Å²) >= 11 is 0. The summed E-state index contributed by atoms with van der Waals surface area (Å²) in [7, 11) is 1.59. The van der Waals surface area contributed by atoms with E-state index in [4.69, 9.17) is 14.7 Å². The summed E-state index contributed by atoms with van der Waals surface area (Å²) in [6, 6.07) is 7.32. The lowest BCUT2D eigenvalue weighted by Crippen LogP contribution is -2.25. The van der Waals surface area contributed by atoms with Crippen molar-refractivity contribution in [3.05, 3.63) is 23.8 Å². The first-order valence-corrected chi connectivity index (χ1v) is 6.27. The van der Waals surface area contributed by atoms with Gasteiger partial charge in [-0.3, -0.25) is 4.90 Å². The van der Waals surface area contributed by atoms with Crippen LogP contribution in [-0.2, 0) is 0 Å². The third-order valence-electron chi connectivity index (χ3n) is 3.16. The third kappa shape index (κ3) is 3.14. The standard InChI is InChI=1S/C14H18N2O2/c1-17-14-10-12(11-15)4-5-13(14)18-9-8-16-6-2-3-7-16/h4-5,10H,2-3,6-9H2,1H3. The van der Waals surface area contributed by atoms with E-state index in [1.807, 2.05) is 0 Å². The fourth-order valence-electron chi connectivity index (χ4n) is 2.15. The summed E-state index contributed by atoms with van der Waals surface area (Å²) < 4.78 is 10.9. The van der Waals surface area contributed by atoms with E-state index in [0.717, 1.165) is 6.54 Å². The van der Waals surface area contributed by atoms with Gasteiger partial charge in [-0.2, -0.15) is 5.26 Å². The number of methoxy groups -OCH3 is 1. The number of benzene rings is 1. The summed E-state index contributed by atoms with van der Waals surface area (Å²) in [5, 5.41) is 8.82. The Morgan fingerprint density at radius 3 is 2.72 bits per heavy atom. The molecule has 4 nitrogen and oxygen atoms in total. The Morgan fingerprint density at radius 2 is 2.06 bits per heavy atom. The van der Waals surface area contributed by atoms with Gasteiger partial charge in [0.1, 0.15) is 6.61 Å². The second-order valence-corrected chi connectivity index (χ2v) is 4.37. The molecule has 1 fully saturated rings. The van der Waals surface area contributed by atoms with Gasteiger partial charge < -0.3 is 9.47 Å². The number of rotatable bonds is 5. The lowest BCUT2D eigenvalue weighted by atomic mass is 10.2. The summed E-state index contributed by atoms with van der Waals surface area (Å²) in [6.45, 7) is 3.95. The van der Waals surface area contributed by atoms with E-state index in [9.17, 15) is 0 Å². The van der Waals surface area contributed by atoms with E-state index in [0.29, 0.717) is 23.7 Å². The number of hydrogen-bond acceptors (Lipinski definition) is 4. The van der Waals surface area contributed by atoms with Gasteiger partial charge in [0.05, 0.1) is 18.7 Å². The molecule has 1 aromatic rings. The second kappa shape index (κ2) is 6.27. The topological polar surface area (TPSA) is 45.5 Å². The fourth-order valence-corrected chi connectivity index (χ4v) is 2.15. The van der Waals surface area contributed by atoms with Gasteiger partial charge in [0.2, 0.25) is 0 Å². The lowest BCUT2D eigenvalue weighted by Gasteiger charge is -2.16. The van der Waals surface area contributed by atoms with Crippen molar-refractivity contribution in [1.82, 2.24) is 4.90 Å². The van der Waals surface area contributed by atoms with Crippen LogP contribution in [0.25, 0.3) is 0 Å². The molecule has 0 unspecified atom stereocenters. The number of hydrogen-bond donors (Lipinski definition) is 0. The van der Waals surface area contributed by atoms with Crippen LogP contribution in [-0.4, -0.2) is 38.3 Å². The number of nitriles is 1. The van der Waals surface area contributed by atoms with Crippen molar-refractivity contribution in [2.45, 2.75) is 12.8 Å². The molecule has 0 saturated carbocycles. The van der Waals surface area contributed by atoms with Crippen LogP contribution in [0.4, 0.5) is 0 Å². The van der Waals surface area contributed by atoms with E-state index < -0.39 is 0 Å². The highest BCUT2D eigenvalue weighted by atomic mass is 16.5. The Labute approximate surface area is 108 Å². The first-order valence-electron chi connectivity index (χ1n) is 6.27. The zero-order valence-corrected chi connectivity index (χ0v) is 10.7. The summed E-state index contributed by atoms with van der Waals surface area (Å²) in [6.07, 6.45) is 2.58. The van der Waals surface area contributed by atoms with Crippen LogP contribution in [0.15, 0.2) is 18.2 Å². The van der Waals surface area contributed by atoms with Crippen molar-refractivity contribution in [3.8, 4) is 17.6 Å². The Morgan fingerprint density at radius 1 is 1.28 bits per heavy atom. The van der Waals surface area contributed by atoms with Crippen molar-refractivity contribution in [3.63, 3.8) is 0 Å². The highest BCUT2D eigenvalue weighted by Gasteiger charge is 2.11. The minimum Gasteiger partial charge on any atom is -0.493 e. The summed E-state index contributed by atoms with van der Waals surface area (Å²) in [5.74, 6) is 1.33. The first-order chi connectivity index (χ1) is 8.83. The van der Waals surface area contributed by atoms with E-state index in [1.54, 1.807) is 25.3 Å². The number of ether oxygens (including phenoxy) is 2. The summed E-state index contributed by atoms with van der Waals surface area (Å²) in [5.41, 5.74) is 0.582. The van der Waals surface area contributed by atoms with Gasteiger partial charge >= 0.3 is 0 Å². The predicted molar refractivity (Wildman–Crippen MR) is 68.9 cm³/mol. The molecule has 1 saturated heterocycles. The molecule has 0 bridgehead atoms. The van der Waals surface area contributed by atoms with Gasteiger partial charge in [0.15, 0.2) is 11.5 Å². The zero-order valence-electron chi connectivity index (χ0n) is 10.7. The van der Waals surface area contributed by atoms with Gasteiger partial charge in [-0.15, -0.1) is 0 Å². The van der Waals surface area contributed by atoms with Crippen LogP contribution < -0.4 is 9.47 Å². The van der Waals surface area contributed by atoms with Crippen molar-refractivity contribution < 1.29 is 9.47 Å². The molecule has 4 heteroatoms. The van der Waals surface area contributed by atoms with Crippen molar-refractivity contribution >= 4 is 0 Å². The van der Waals surface area contributed by atoms with Crippen LogP contribution >= 0.6 is 0 Å². The van der Waals surface area contributed by atoms with Crippen molar-refractivity contribution in [2.75, 3.05) is 33.4 Å². The molecule has 0 radical (unpaired) electrons. The average Bonchev–Trinajstić information content (AvgIpc) is 2.92. The maximum Gasteiger partial charge on any atom is 0.162 e. The Bertz CT molecular complexity index is 434. The average molecular weight is 246 g/mol. The molecule has 18 heavy (non-hydrogen) atoms. The lowest BCUT2D eigenvalue weighted by molar-refractivity contribution is 0.230. The van der Waals surface area contributed by atoms with Gasteiger partial charge in [0.25, 0.3) is 0 Å². The molecular formula is C14H18N2O2. The maximum atomic E-state index is 8.82. The van der Waals surface area contributed by atoms with E-state index >= 15 is 0 Å². The Kier molecular flexibility index (Phi) is 4.43. The highest BCUT2D eigenvalue weighted by molar-refractivity contribution is 5.46. The molecule has 0 N–H and O–H groups in total. The van der Waals surface area contributed by atoms with E-state index in [2.05, 4.69) is 11.0 Å². The molecule has 0 aromatic heterocycles. The van der Waals surface area contributed by atoms with Crippen LogP contribution in [0.1, 0.15) is 18.4 Å². The van der Waals surface area contributed by atoms with Crippen molar-refractivity contribution in [1.29, 1.82) is 5.26 Å². The molecule has 0 amide bonds. The number of nitrogens with zero attached hydrogens (tertiary/aromatic N) is 2. The second-order valence-electron chi connectivity index (χ2n) is 4.37. The van der Waals surface area contributed by atoms with E-state index in [1.165, 1.54) is 25.9 Å². The molecule has 96 valence electrons. The molecule has 1 aromatic carbocycles. The zero-order chi connectivity index (χ0) is 12.8. The van der Waals surface area contributed by atoms with Gasteiger partial charge in [-0.05, 0) is 38.1 Å². The van der Waals surface area contributed by atoms with Gasteiger partial charge in [-0.1, -0.05) is 0 Å². The molecule has 1 aliphatic heterocycles. The largest absolute Gasteiger partial charge is 0.493 e. The van der Waals surface area contributed by atoms with E-state index in [-0.39, 0.29) is 0 Å². The minimum absolute atomic E-state index is 0.582. The van der Waals surface area contributed by atoms with Gasteiger partial charge in [0, 0.05) is 12.6 Å². The SMILES string of the molecule is COc1cc(C#N)ccc1OCCN1CCCC1. The van der Waals surface area contributed by atoms with Crippen LogP contribution in [0.2, 0.25) is 0 Å². The normalized spacial score (nSPS) is 15.3. The minimum atomic E-state index is 0.582. The molecule has 0 aliphatic carbocycles. The first kappa shape index (κ1) is 12.7. The maximum absolute atomic E-state index is 8.82. The molecule has 1 heterocycles. The predicted octanol–water partition coefficient (Wildman–Crippen LogP) is 2.04.